The van der Waals surface area contributed by atoms with Gasteiger partial charge in [-0.05, 0) is 49.3 Å². The van der Waals surface area contributed by atoms with Crippen molar-refractivity contribution in [1.29, 1.82) is 0 Å². The van der Waals surface area contributed by atoms with Gasteiger partial charge in [-0.25, -0.2) is 0 Å². The Hall–Kier alpha value is -2.81. The van der Waals surface area contributed by atoms with Crippen LogP contribution in [0.15, 0.2) is 54.6 Å². The molecule has 1 fully saturated rings. The molecule has 1 aliphatic rings. The van der Waals surface area contributed by atoms with Crippen molar-refractivity contribution < 1.29 is 4.79 Å². The van der Waals surface area contributed by atoms with Crippen molar-refractivity contribution in [2.24, 2.45) is 11.7 Å². The maximum absolute atomic E-state index is 12.4. The number of primary amides is 1. The van der Waals surface area contributed by atoms with E-state index >= 15 is 0 Å². The van der Waals surface area contributed by atoms with Crippen LogP contribution in [-0.4, -0.2) is 10.5 Å². The van der Waals surface area contributed by atoms with Crippen LogP contribution < -0.4 is 5.73 Å². The average molecular weight is 387 g/mol. The molecule has 150 valence electrons. The largest absolute Gasteiger partial charge is 0.366 e. The van der Waals surface area contributed by atoms with Gasteiger partial charge in [0.1, 0.15) is 0 Å². The van der Waals surface area contributed by atoms with E-state index in [-0.39, 0.29) is 5.91 Å². The zero-order valence-electron chi connectivity index (χ0n) is 17.4. The van der Waals surface area contributed by atoms with E-state index in [4.69, 9.17) is 5.73 Å². The van der Waals surface area contributed by atoms with Crippen LogP contribution in [0.1, 0.15) is 53.8 Å². The standard InChI is InChI=1S/C26H30N2O/c1-18-24(23-15-13-22(14-16-23)21-11-7-4-8-12-21)25(26(27)29)19(2)28(18)17-20-9-5-3-6-10-20/h4,7-8,11-16,20H,3,5-6,9-10,17H2,1-2H3,(H2,27,29). The Morgan fingerprint density at radius 1 is 0.862 bits per heavy atom. The SMILES string of the molecule is Cc1c(C(N)=O)c(-c2ccc(-c3ccccc3)cc2)c(C)n1CC1CCCCC1. The number of hydrogen-bond acceptors (Lipinski definition) is 1. The Labute approximate surface area is 173 Å². The summed E-state index contributed by atoms with van der Waals surface area (Å²) >= 11 is 0. The van der Waals surface area contributed by atoms with E-state index < -0.39 is 0 Å². The molecular weight excluding hydrogens is 356 g/mol. The fourth-order valence-electron chi connectivity index (χ4n) is 4.90. The van der Waals surface area contributed by atoms with Crippen LogP contribution >= 0.6 is 0 Å². The molecule has 3 aromatic rings. The molecule has 29 heavy (non-hydrogen) atoms. The van der Waals surface area contributed by atoms with Gasteiger partial charge in [-0.15, -0.1) is 0 Å². The Balaban J connectivity index is 1.72. The summed E-state index contributed by atoms with van der Waals surface area (Å²) in [5.74, 6) is 0.359. The van der Waals surface area contributed by atoms with E-state index in [0.29, 0.717) is 11.5 Å². The van der Waals surface area contributed by atoms with Crippen molar-refractivity contribution in [2.45, 2.75) is 52.5 Å². The van der Waals surface area contributed by atoms with Crippen LogP contribution in [-0.2, 0) is 6.54 Å². The number of amides is 1. The van der Waals surface area contributed by atoms with E-state index in [9.17, 15) is 4.79 Å². The minimum Gasteiger partial charge on any atom is -0.366 e. The van der Waals surface area contributed by atoms with Crippen LogP contribution in [0.2, 0.25) is 0 Å². The van der Waals surface area contributed by atoms with Gasteiger partial charge in [0.15, 0.2) is 0 Å². The third-order valence-corrected chi connectivity index (χ3v) is 6.48. The second-order valence-corrected chi connectivity index (χ2v) is 8.34. The first-order valence-corrected chi connectivity index (χ1v) is 10.7. The molecule has 0 aliphatic heterocycles. The number of carbonyl (C=O) groups excluding carboxylic acids is 1. The first kappa shape index (κ1) is 19.5. The van der Waals surface area contributed by atoms with Gasteiger partial charge in [0.2, 0.25) is 0 Å². The zero-order valence-corrected chi connectivity index (χ0v) is 17.4. The number of benzene rings is 2. The van der Waals surface area contributed by atoms with Crippen LogP contribution in [0.5, 0.6) is 0 Å². The van der Waals surface area contributed by atoms with Crippen LogP contribution in [0, 0.1) is 19.8 Å². The second-order valence-electron chi connectivity index (χ2n) is 8.34. The molecule has 3 nitrogen and oxygen atoms in total. The Morgan fingerprint density at radius 3 is 2.07 bits per heavy atom. The monoisotopic (exact) mass is 386 g/mol. The predicted molar refractivity (Wildman–Crippen MR) is 120 cm³/mol. The number of aromatic nitrogens is 1. The molecule has 1 heterocycles. The maximum Gasteiger partial charge on any atom is 0.251 e. The minimum absolute atomic E-state index is 0.338. The molecule has 1 saturated carbocycles. The normalized spacial score (nSPS) is 14.8. The molecule has 0 saturated heterocycles. The van der Waals surface area contributed by atoms with Gasteiger partial charge in [-0.2, -0.15) is 0 Å². The Morgan fingerprint density at radius 2 is 1.45 bits per heavy atom. The third kappa shape index (κ3) is 3.87. The molecule has 1 amide bonds. The van der Waals surface area contributed by atoms with E-state index in [1.807, 2.05) is 25.1 Å². The molecular formula is C26H30N2O. The molecule has 4 rings (SSSR count). The van der Waals surface area contributed by atoms with Gasteiger partial charge in [-0.3, -0.25) is 4.79 Å². The topological polar surface area (TPSA) is 48.0 Å². The summed E-state index contributed by atoms with van der Waals surface area (Å²) in [5, 5.41) is 0. The highest BCUT2D eigenvalue weighted by molar-refractivity contribution is 6.02. The van der Waals surface area contributed by atoms with Crippen molar-refractivity contribution in [3.05, 3.63) is 71.5 Å². The summed E-state index contributed by atoms with van der Waals surface area (Å²) in [6, 6.07) is 18.8. The van der Waals surface area contributed by atoms with Gasteiger partial charge in [0, 0.05) is 23.5 Å². The smallest absolute Gasteiger partial charge is 0.251 e. The lowest BCUT2D eigenvalue weighted by molar-refractivity contribution is 0.1000. The lowest BCUT2D eigenvalue weighted by Crippen LogP contribution is -2.17. The van der Waals surface area contributed by atoms with Crippen molar-refractivity contribution in [2.75, 3.05) is 0 Å². The first-order valence-electron chi connectivity index (χ1n) is 10.7. The summed E-state index contributed by atoms with van der Waals surface area (Å²) in [5.41, 5.74) is 13.1. The van der Waals surface area contributed by atoms with Gasteiger partial charge in [-0.1, -0.05) is 73.9 Å². The van der Waals surface area contributed by atoms with Crippen LogP contribution in [0.3, 0.4) is 0 Å². The zero-order chi connectivity index (χ0) is 20.4. The lowest BCUT2D eigenvalue weighted by atomic mass is 9.89. The molecule has 0 spiro atoms. The molecule has 2 N–H and O–H groups in total. The van der Waals surface area contributed by atoms with Gasteiger partial charge >= 0.3 is 0 Å². The summed E-state index contributed by atoms with van der Waals surface area (Å²) in [6.07, 6.45) is 6.56. The van der Waals surface area contributed by atoms with E-state index in [0.717, 1.165) is 29.1 Å². The fraction of sp³-hybridized carbons (Fsp3) is 0.346. The summed E-state index contributed by atoms with van der Waals surface area (Å²) in [7, 11) is 0. The molecule has 0 bridgehead atoms. The van der Waals surface area contributed by atoms with Crippen LogP contribution in [0.25, 0.3) is 22.3 Å². The van der Waals surface area contributed by atoms with Gasteiger partial charge < -0.3 is 10.3 Å². The highest BCUT2D eigenvalue weighted by Crippen LogP contribution is 2.35. The Kier molecular flexibility index (Phi) is 5.57. The first-order chi connectivity index (χ1) is 14.1. The summed E-state index contributed by atoms with van der Waals surface area (Å²) in [4.78, 5) is 12.4. The quantitative estimate of drug-likeness (QED) is 0.564. The second kappa shape index (κ2) is 8.28. The number of carbonyl (C=O) groups is 1. The highest BCUT2D eigenvalue weighted by Gasteiger charge is 2.24. The predicted octanol–water partition coefficient (Wildman–Crippen LogP) is 6.12. The third-order valence-electron chi connectivity index (χ3n) is 6.48. The van der Waals surface area contributed by atoms with Crippen molar-refractivity contribution >= 4 is 5.91 Å². The average Bonchev–Trinajstić information content (AvgIpc) is 3.00. The maximum atomic E-state index is 12.4. The number of nitrogens with zero attached hydrogens (tertiary/aromatic N) is 1. The minimum atomic E-state index is -0.338. The van der Waals surface area contributed by atoms with Gasteiger partial charge in [0.25, 0.3) is 5.91 Å². The summed E-state index contributed by atoms with van der Waals surface area (Å²) in [6.45, 7) is 5.15. The molecule has 0 unspecified atom stereocenters. The Bertz CT molecular complexity index is 993. The lowest BCUT2D eigenvalue weighted by Gasteiger charge is -2.23. The van der Waals surface area contributed by atoms with Gasteiger partial charge in [0.05, 0.1) is 5.56 Å². The molecule has 1 aliphatic carbocycles. The number of rotatable bonds is 5. The van der Waals surface area contributed by atoms with Crippen LogP contribution in [0.4, 0.5) is 0 Å². The van der Waals surface area contributed by atoms with Crippen molar-refractivity contribution in [3.63, 3.8) is 0 Å². The van der Waals surface area contributed by atoms with Crippen molar-refractivity contribution in [3.8, 4) is 22.3 Å². The van der Waals surface area contributed by atoms with E-state index in [2.05, 4.69) is 47.9 Å². The van der Waals surface area contributed by atoms with E-state index in [1.54, 1.807) is 0 Å². The number of hydrogen-bond donors (Lipinski definition) is 1. The molecule has 0 radical (unpaired) electrons. The van der Waals surface area contributed by atoms with E-state index in [1.165, 1.54) is 43.2 Å². The summed E-state index contributed by atoms with van der Waals surface area (Å²) < 4.78 is 2.33. The number of nitrogens with two attached hydrogens (primary N) is 1. The fourth-order valence-corrected chi connectivity index (χ4v) is 4.90. The van der Waals surface area contributed by atoms with Crippen molar-refractivity contribution in [1.82, 2.24) is 4.57 Å². The highest BCUT2D eigenvalue weighted by atomic mass is 16.1. The molecule has 3 heteroatoms. The molecule has 1 aromatic heterocycles. The molecule has 2 aromatic carbocycles. The molecule has 0 atom stereocenters.